The molecule has 3 heterocycles. The van der Waals surface area contributed by atoms with Crippen molar-refractivity contribution in [2.45, 2.75) is 32.3 Å². The lowest BCUT2D eigenvalue weighted by Gasteiger charge is -2.16. The van der Waals surface area contributed by atoms with E-state index < -0.39 is 0 Å². The Labute approximate surface area is 122 Å². The Morgan fingerprint density at radius 3 is 2.95 bits per heavy atom. The maximum Gasteiger partial charge on any atom is 0.197 e. The highest BCUT2D eigenvalue weighted by molar-refractivity contribution is 6.30. The Kier molecular flexibility index (Phi) is 2.82. The third-order valence-electron chi connectivity index (χ3n) is 4.09. The van der Waals surface area contributed by atoms with Crippen LogP contribution in [0.4, 0.5) is 0 Å². The molecule has 0 bridgehead atoms. The second-order valence-electron chi connectivity index (χ2n) is 5.59. The molecule has 1 saturated carbocycles. The SMILES string of the molecule is CC1CC1c1ccc(-c2nc(Cl)c3c(n2)CCOC3)o1. The highest BCUT2D eigenvalue weighted by Crippen LogP contribution is 2.47. The molecular formula is C15H15ClN2O2. The lowest BCUT2D eigenvalue weighted by atomic mass is 10.1. The number of nitrogens with zero attached hydrogens (tertiary/aromatic N) is 2. The average molecular weight is 291 g/mol. The molecule has 2 aliphatic rings. The first kappa shape index (κ1) is 12.4. The highest BCUT2D eigenvalue weighted by atomic mass is 35.5. The Morgan fingerprint density at radius 2 is 2.15 bits per heavy atom. The van der Waals surface area contributed by atoms with E-state index in [0.717, 1.165) is 29.4 Å². The first-order valence-corrected chi connectivity index (χ1v) is 7.33. The van der Waals surface area contributed by atoms with Crippen molar-refractivity contribution < 1.29 is 9.15 Å². The summed E-state index contributed by atoms with van der Waals surface area (Å²) in [5.74, 6) is 3.60. The topological polar surface area (TPSA) is 48.2 Å². The van der Waals surface area contributed by atoms with Gasteiger partial charge in [0.25, 0.3) is 0 Å². The fourth-order valence-corrected chi connectivity index (χ4v) is 2.94. The van der Waals surface area contributed by atoms with Crippen molar-refractivity contribution in [1.29, 1.82) is 0 Å². The number of hydrogen-bond donors (Lipinski definition) is 0. The molecule has 4 nitrogen and oxygen atoms in total. The fourth-order valence-electron chi connectivity index (χ4n) is 2.69. The molecule has 4 rings (SSSR count). The minimum absolute atomic E-state index is 0.474. The molecule has 0 N–H and O–H groups in total. The van der Waals surface area contributed by atoms with Crippen LogP contribution in [-0.2, 0) is 17.8 Å². The molecule has 2 aromatic rings. The van der Waals surface area contributed by atoms with Gasteiger partial charge in [-0.15, -0.1) is 0 Å². The van der Waals surface area contributed by atoms with Crippen LogP contribution in [0.2, 0.25) is 5.15 Å². The van der Waals surface area contributed by atoms with Crippen LogP contribution >= 0.6 is 11.6 Å². The minimum atomic E-state index is 0.474. The number of hydrogen-bond acceptors (Lipinski definition) is 4. The molecule has 5 heteroatoms. The Bertz CT molecular complexity index is 668. The van der Waals surface area contributed by atoms with E-state index in [0.29, 0.717) is 35.9 Å². The molecule has 2 unspecified atom stereocenters. The van der Waals surface area contributed by atoms with Gasteiger partial charge in [-0.25, -0.2) is 9.97 Å². The van der Waals surface area contributed by atoms with Gasteiger partial charge >= 0.3 is 0 Å². The maximum atomic E-state index is 6.23. The van der Waals surface area contributed by atoms with Crippen molar-refractivity contribution in [3.8, 4) is 11.6 Å². The molecule has 104 valence electrons. The smallest absolute Gasteiger partial charge is 0.197 e. The van der Waals surface area contributed by atoms with Gasteiger partial charge < -0.3 is 9.15 Å². The van der Waals surface area contributed by atoms with Crippen LogP contribution < -0.4 is 0 Å². The van der Waals surface area contributed by atoms with E-state index >= 15 is 0 Å². The van der Waals surface area contributed by atoms with Gasteiger partial charge in [0.05, 0.1) is 18.9 Å². The number of rotatable bonds is 2. The predicted molar refractivity (Wildman–Crippen MR) is 74.6 cm³/mol. The van der Waals surface area contributed by atoms with Crippen molar-refractivity contribution in [3.05, 3.63) is 34.3 Å². The molecule has 2 aromatic heterocycles. The van der Waals surface area contributed by atoms with E-state index in [1.54, 1.807) is 0 Å². The van der Waals surface area contributed by atoms with Gasteiger partial charge in [-0.1, -0.05) is 18.5 Å². The fraction of sp³-hybridized carbons (Fsp3) is 0.467. The van der Waals surface area contributed by atoms with E-state index in [4.69, 9.17) is 20.8 Å². The second kappa shape index (κ2) is 4.57. The highest BCUT2D eigenvalue weighted by Gasteiger charge is 2.36. The summed E-state index contributed by atoms with van der Waals surface area (Å²) in [5.41, 5.74) is 1.88. The monoisotopic (exact) mass is 290 g/mol. The van der Waals surface area contributed by atoms with Crippen molar-refractivity contribution in [2.24, 2.45) is 5.92 Å². The van der Waals surface area contributed by atoms with Gasteiger partial charge in [0.1, 0.15) is 10.9 Å². The molecule has 0 radical (unpaired) electrons. The van der Waals surface area contributed by atoms with Gasteiger partial charge in [-0.2, -0.15) is 0 Å². The Hall–Kier alpha value is -1.39. The maximum absolute atomic E-state index is 6.23. The Balaban J connectivity index is 1.71. The third-order valence-corrected chi connectivity index (χ3v) is 4.41. The summed E-state index contributed by atoms with van der Waals surface area (Å²) in [6, 6.07) is 3.97. The summed E-state index contributed by atoms with van der Waals surface area (Å²) in [4.78, 5) is 8.94. The van der Waals surface area contributed by atoms with Gasteiger partial charge in [-0.05, 0) is 24.5 Å². The minimum Gasteiger partial charge on any atom is -0.457 e. The molecule has 20 heavy (non-hydrogen) atoms. The molecule has 0 spiro atoms. The number of ether oxygens (including phenoxy) is 1. The molecule has 1 fully saturated rings. The summed E-state index contributed by atoms with van der Waals surface area (Å²) in [6.45, 7) is 3.42. The van der Waals surface area contributed by atoms with E-state index in [1.807, 2.05) is 12.1 Å². The number of fused-ring (bicyclic) bond motifs is 1. The van der Waals surface area contributed by atoms with Gasteiger partial charge in [0, 0.05) is 17.9 Å². The molecule has 1 aliphatic carbocycles. The standard InChI is InChI=1S/C15H15ClN2O2/c1-8-6-9(8)12-2-3-13(20-12)15-17-11-4-5-19-7-10(11)14(16)18-15/h2-3,8-9H,4-7H2,1H3. The molecular weight excluding hydrogens is 276 g/mol. The summed E-state index contributed by atoms with van der Waals surface area (Å²) in [7, 11) is 0. The van der Waals surface area contributed by atoms with Crippen LogP contribution in [0.5, 0.6) is 0 Å². The number of halogens is 1. The second-order valence-corrected chi connectivity index (χ2v) is 5.95. The van der Waals surface area contributed by atoms with E-state index in [1.165, 1.54) is 6.42 Å². The van der Waals surface area contributed by atoms with Crippen LogP contribution in [0, 0.1) is 5.92 Å². The Morgan fingerprint density at radius 1 is 1.30 bits per heavy atom. The molecule has 0 amide bonds. The largest absolute Gasteiger partial charge is 0.457 e. The van der Waals surface area contributed by atoms with Crippen molar-refractivity contribution in [2.75, 3.05) is 6.61 Å². The molecule has 2 atom stereocenters. The van der Waals surface area contributed by atoms with Crippen LogP contribution in [0.25, 0.3) is 11.6 Å². The van der Waals surface area contributed by atoms with Crippen LogP contribution in [-0.4, -0.2) is 16.6 Å². The molecule has 0 saturated heterocycles. The van der Waals surface area contributed by atoms with Gasteiger partial charge in [0.2, 0.25) is 0 Å². The molecule has 1 aliphatic heterocycles. The quantitative estimate of drug-likeness (QED) is 0.793. The predicted octanol–water partition coefficient (Wildman–Crippen LogP) is 3.59. The summed E-state index contributed by atoms with van der Waals surface area (Å²) in [5, 5.41) is 0.474. The lowest BCUT2D eigenvalue weighted by Crippen LogP contribution is -2.14. The summed E-state index contributed by atoms with van der Waals surface area (Å²) in [6.07, 6.45) is 1.98. The van der Waals surface area contributed by atoms with Crippen LogP contribution in [0.3, 0.4) is 0 Å². The van der Waals surface area contributed by atoms with Crippen molar-refractivity contribution in [1.82, 2.24) is 9.97 Å². The molecule has 0 aromatic carbocycles. The van der Waals surface area contributed by atoms with Crippen molar-refractivity contribution in [3.63, 3.8) is 0 Å². The normalized spacial score (nSPS) is 24.5. The first-order valence-electron chi connectivity index (χ1n) is 6.95. The first-order chi connectivity index (χ1) is 9.72. The number of furan rings is 1. The summed E-state index contributed by atoms with van der Waals surface area (Å²) >= 11 is 6.23. The van der Waals surface area contributed by atoms with E-state index in [2.05, 4.69) is 16.9 Å². The zero-order chi connectivity index (χ0) is 13.7. The zero-order valence-electron chi connectivity index (χ0n) is 11.2. The lowest BCUT2D eigenvalue weighted by molar-refractivity contribution is 0.109. The average Bonchev–Trinajstić information content (AvgIpc) is 3.00. The van der Waals surface area contributed by atoms with Crippen molar-refractivity contribution >= 4 is 11.6 Å². The zero-order valence-corrected chi connectivity index (χ0v) is 12.0. The number of aromatic nitrogens is 2. The van der Waals surface area contributed by atoms with Gasteiger partial charge in [-0.3, -0.25) is 0 Å². The van der Waals surface area contributed by atoms with E-state index in [-0.39, 0.29) is 0 Å². The summed E-state index contributed by atoms with van der Waals surface area (Å²) < 4.78 is 11.3. The van der Waals surface area contributed by atoms with Crippen LogP contribution in [0.15, 0.2) is 16.5 Å². The van der Waals surface area contributed by atoms with Crippen LogP contribution in [0.1, 0.15) is 36.3 Å². The third kappa shape index (κ3) is 2.03. The van der Waals surface area contributed by atoms with E-state index in [9.17, 15) is 0 Å². The van der Waals surface area contributed by atoms with Gasteiger partial charge in [0.15, 0.2) is 11.6 Å².